The van der Waals surface area contributed by atoms with Gasteiger partial charge in [0.15, 0.2) is 0 Å². The molecule has 1 aromatic rings. The van der Waals surface area contributed by atoms with E-state index in [-0.39, 0.29) is 24.4 Å². The summed E-state index contributed by atoms with van der Waals surface area (Å²) in [5, 5.41) is 17.3. The molecular formula is C19H27N3O4. The molecule has 0 unspecified atom stereocenters. The summed E-state index contributed by atoms with van der Waals surface area (Å²) in [6.45, 7) is 0.448. The van der Waals surface area contributed by atoms with Crippen molar-refractivity contribution >= 4 is 23.6 Å². The predicted octanol–water partition coefficient (Wildman–Crippen LogP) is 2.66. The topological polar surface area (TPSA) is 108 Å². The Morgan fingerprint density at radius 3 is 2.38 bits per heavy atom. The van der Waals surface area contributed by atoms with Crippen LogP contribution in [-0.4, -0.2) is 35.6 Å². The first-order valence-corrected chi connectivity index (χ1v) is 9.18. The highest BCUT2D eigenvalue weighted by atomic mass is 16.4. The number of aliphatic carboxylic acids is 1. The number of carboxylic acids is 1. The van der Waals surface area contributed by atoms with E-state index in [0.29, 0.717) is 30.6 Å². The van der Waals surface area contributed by atoms with Crippen LogP contribution in [0.5, 0.6) is 0 Å². The van der Waals surface area contributed by atoms with Gasteiger partial charge in [0.25, 0.3) is 0 Å². The van der Waals surface area contributed by atoms with Crippen LogP contribution in [0.4, 0.5) is 10.5 Å². The number of carboxylic acid groups (broad SMARTS) is 1. The van der Waals surface area contributed by atoms with Crippen molar-refractivity contribution in [2.45, 2.75) is 57.4 Å². The molecule has 3 amide bonds. The molecule has 0 radical (unpaired) electrons. The molecule has 0 bridgehead atoms. The van der Waals surface area contributed by atoms with Crippen LogP contribution in [0.25, 0.3) is 0 Å². The molecule has 1 aliphatic carbocycles. The molecule has 26 heavy (non-hydrogen) atoms. The maximum absolute atomic E-state index is 11.9. The molecule has 0 aliphatic heterocycles. The first-order valence-electron chi connectivity index (χ1n) is 9.18. The Morgan fingerprint density at radius 2 is 1.73 bits per heavy atom. The number of urea groups is 1. The largest absolute Gasteiger partial charge is 0.481 e. The lowest BCUT2D eigenvalue weighted by atomic mass is 9.96. The summed E-state index contributed by atoms with van der Waals surface area (Å²) < 4.78 is 0. The zero-order chi connectivity index (χ0) is 18.8. The zero-order valence-electron chi connectivity index (χ0n) is 14.9. The monoisotopic (exact) mass is 361 g/mol. The highest BCUT2D eigenvalue weighted by Crippen LogP contribution is 2.17. The maximum Gasteiger partial charge on any atom is 0.315 e. The number of hydrogen-bond acceptors (Lipinski definition) is 3. The molecular weight excluding hydrogens is 334 g/mol. The molecule has 1 fully saturated rings. The first kappa shape index (κ1) is 19.8. The van der Waals surface area contributed by atoms with Crippen molar-refractivity contribution < 1.29 is 19.5 Å². The Hall–Kier alpha value is -2.57. The lowest BCUT2D eigenvalue weighted by Crippen LogP contribution is -2.43. The van der Waals surface area contributed by atoms with Crippen molar-refractivity contribution in [1.82, 2.24) is 10.6 Å². The summed E-state index contributed by atoms with van der Waals surface area (Å²) in [5.74, 6) is -1.02. The molecule has 0 aromatic heterocycles. The van der Waals surface area contributed by atoms with Crippen LogP contribution < -0.4 is 16.0 Å². The van der Waals surface area contributed by atoms with Gasteiger partial charge in [0.2, 0.25) is 5.91 Å². The van der Waals surface area contributed by atoms with Gasteiger partial charge < -0.3 is 21.1 Å². The summed E-state index contributed by atoms with van der Waals surface area (Å²) in [5.41, 5.74) is 1.32. The highest BCUT2D eigenvalue weighted by molar-refractivity contribution is 5.90. The second-order valence-corrected chi connectivity index (χ2v) is 6.65. The number of benzene rings is 1. The molecule has 0 saturated heterocycles. The lowest BCUT2D eigenvalue weighted by molar-refractivity contribution is -0.136. The van der Waals surface area contributed by atoms with Crippen LogP contribution in [0.1, 0.15) is 50.5 Å². The molecule has 7 nitrogen and oxygen atoms in total. The van der Waals surface area contributed by atoms with Crippen LogP contribution in [0, 0.1) is 0 Å². The summed E-state index contributed by atoms with van der Waals surface area (Å²) in [6, 6.07) is 6.85. The smallest absolute Gasteiger partial charge is 0.315 e. The minimum atomic E-state index is -0.887. The van der Waals surface area contributed by atoms with Gasteiger partial charge in [0, 0.05) is 24.7 Å². The van der Waals surface area contributed by atoms with Crippen LogP contribution >= 0.6 is 0 Å². The Labute approximate surface area is 153 Å². The Kier molecular flexibility index (Phi) is 7.92. The number of carbonyl (C=O) groups is 3. The van der Waals surface area contributed by atoms with Gasteiger partial charge in [-0.1, -0.05) is 31.4 Å². The standard InChI is InChI=1S/C19H27N3O4/c23-17(21-16-10-8-14(9-11-16)13-18(24)25)7-4-12-20-19(26)22-15-5-2-1-3-6-15/h8-11,15H,1-7,12-13H2,(H,21,23)(H,24,25)(H2,20,22,26). The molecule has 1 aliphatic rings. The van der Waals surface area contributed by atoms with E-state index < -0.39 is 5.97 Å². The first-order chi connectivity index (χ1) is 12.5. The number of hydrogen-bond donors (Lipinski definition) is 4. The van der Waals surface area contributed by atoms with E-state index in [4.69, 9.17) is 5.11 Å². The Morgan fingerprint density at radius 1 is 1.04 bits per heavy atom. The van der Waals surface area contributed by atoms with Gasteiger partial charge in [-0.2, -0.15) is 0 Å². The molecule has 1 saturated carbocycles. The number of rotatable bonds is 8. The second kappa shape index (κ2) is 10.4. The van der Waals surface area contributed by atoms with E-state index in [9.17, 15) is 14.4 Å². The van der Waals surface area contributed by atoms with Gasteiger partial charge in [-0.15, -0.1) is 0 Å². The average Bonchev–Trinajstić information content (AvgIpc) is 2.61. The van der Waals surface area contributed by atoms with Gasteiger partial charge in [-0.05, 0) is 37.0 Å². The summed E-state index contributed by atoms with van der Waals surface area (Å²) in [4.78, 5) is 34.3. The van der Waals surface area contributed by atoms with Crippen molar-refractivity contribution in [1.29, 1.82) is 0 Å². The fourth-order valence-corrected chi connectivity index (χ4v) is 3.04. The van der Waals surface area contributed by atoms with Gasteiger partial charge in [-0.3, -0.25) is 9.59 Å². The number of nitrogens with one attached hydrogen (secondary N) is 3. The van der Waals surface area contributed by atoms with E-state index in [1.807, 2.05) is 0 Å². The molecule has 1 aromatic carbocycles. The second-order valence-electron chi connectivity index (χ2n) is 6.65. The van der Waals surface area contributed by atoms with Gasteiger partial charge in [-0.25, -0.2) is 4.79 Å². The number of amides is 3. The molecule has 0 spiro atoms. The SMILES string of the molecule is O=C(O)Cc1ccc(NC(=O)CCCNC(=O)NC2CCCCC2)cc1. The third-order valence-corrected chi connectivity index (χ3v) is 4.40. The van der Waals surface area contributed by atoms with E-state index >= 15 is 0 Å². The van der Waals surface area contributed by atoms with Crippen LogP contribution in [0.15, 0.2) is 24.3 Å². The van der Waals surface area contributed by atoms with Crippen molar-refractivity contribution in [2.75, 3.05) is 11.9 Å². The summed E-state index contributed by atoms with van der Waals surface area (Å²) in [6.07, 6.45) is 6.49. The molecule has 2 rings (SSSR count). The van der Waals surface area contributed by atoms with Crippen LogP contribution in [-0.2, 0) is 16.0 Å². The van der Waals surface area contributed by atoms with Crippen molar-refractivity contribution in [3.63, 3.8) is 0 Å². The normalized spacial score (nSPS) is 14.5. The minimum absolute atomic E-state index is 0.0389. The van der Waals surface area contributed by atoms with E-state index in [2.05, 4.69) is 16.0 Å². The predicted molar refractivity (Wildman–Crippen MR) is 99.1 cm³/mol. The summed E-state index contributed by atoms with van der Waals surface area (Å²) in [7, 11) is 0. The quantitative estimate of drug-likeness (QED) is 0.534. The zero-order valence-corrected chi connectivity index (χ0v) is 14.9. The average molecular weight is 361 g/mol. The lowest BCUT2D eigenvalue weighted by Gasteiger charge is -2.22. The Bertz CT molecular complexity index is 610. The third kappa shape index (κ3) is 7.55. The molecule has 0 heterocycles. The van der Waals surface area contributed by atoms with Gasteiger partial charge in [0.1, 0.15) is 0 Å². The van der Waals surface area contributed by atoms with E-state index in [1.54, 1.807) is 24.3 Å². The maximum atomic E-state index is 11.9. The van der Waals surface area contributed by atoms with Crippen LogP contribution in [0.3, 0.4) is 0 Å². The van der Waals surface area contributed by atoms with Gasteiger partial charge >= 0.3 is 12.0 Å². The van der Waals surface area contributed by atoms with Crippen LogP contribution in [0.2, 0.25) is 0 Å². The molecule has 142 valence electrons. The summed E-state index contributed by atoms with van der Waals surface area (Å²) >= 11 is 0. The van der Waals surface area contributed by atoms with E-state index in [1.165, 1.54) is 19.3 Å². The van der Waals surface area contributed by atoms with E-state index in [0.717, 1.165) is 12.8 Å². The fraction of sp³-hybridized carbons (Fsp3) is 0.526. The van der Waals surface area contributed by atoms with Crippen molar-refractivity contribution in [3.8, 4) is 0 Å². The number of anilines is 1. The van der Waals surface area contributed by atoms with Crippen molar-refractivity contribution in [3.05, 3.63) is 29.8 Å². The number of carbonyl (C=O) groups excluding carboxylic acids is 2. The molecule has 0 atom stereocenters. The third-order valence-electron chi connectivity index (χ3n) is 4.40. The molecule has 4 N–H and O–H groups in total. The Balaban J connectivity index is 1.59. The minimum Gasteiger partial charge on any atom is -0.481 e. The van der Waals surface area contributed by atoms with Gasteiger partial charge in [0.05, 0.1) is 6.42 Å². The molecule has 7 heteroatoms. The van der Waals surface area contributed by atoms with Crippen molar-refractivity contribution in [2.24, 2.45) is 0 Å². The fourth-order valence-electron chi connectivity index (χ4n) is 3.04. The highest BCUT2D eigenvalue weighted by Gasteiger charge is 2.15.